The molecule has 0 saturated heterocycles. The number of carbonyl (C=O) groups is 2. The predicted molar refractivity (Wildman–Crippen MR) is 74.3 cm³/mol. The fourth-order valence-corrected chi connectivity index (χ4v) is 3.25. The predicted octanol–water partition coefficient (Wildman–Crippen LogP) is 1.95. The average molecular weight is 283 g/mol. The summed E-state index contributed by atoms with van der Waals surface area (Å²) in [5.74, 6) is -0.275. The SMILES string of the molecule is CCOC1CC(CC(=O)NCC2(CC(=O)O)CCC2)C1. The molecule has 5 heteroatoms. The molecular formula is C15H25NO4. The van der Waals surface area contributed by atoms with E-state index in [9.17, 15) is 9.59 Å². The second-order valence-electron chi connectivity index (χ2n) is 6.32. The van der Waals surface area contributed by atoms with E-state index in [2.05, 4.69) is 5.32 Å². The summed E-state index contributed by atoms with van der Waals surface area (Å²) in [6, 6.07) is 0. The summed E-state index contributed by atoms with van der Waals surface area (Å²) in [5, 5.41) is 11.9. The number of nitrogens with one attached hydrogen (secondary N) is 1. The van der Waals surface area contributed by atoms with Crippen LogP contribution in [0.3, 0.4) is 0 Å². The largest absolute Gasteiger partial charge is 0.481 e. The molecule has 2 N–H and O–H groups in total. The van der Waals surface area contributed by atoms with Gasteiger partial charge in [0.15, 0.2) is 0 Å². The average Bonchev–Trinajstić information content (AvgIpc) is 2.29. The highest BCUT2D eigenvalue weighted by molar-refractivity contribution is 5.76. The summed E-state index contributed by atoms with van der Waals surface area (Å²) in [5.41, 5.74) is -0.186. The molecule has 0 aromatic carbocycles. The van der Waals surface area contributed by atoms with Crippen LogP contribution in [-0.2, 0) is 14.3 Å². The van der Waals surface area contributed by atoms with Gasteiger partial charge in [-0.05, 0) is 43.9 Å². The molecule has 0 heterocycles. The van der Waals surface area contributed by atoms with E-state index < -0.39 is 5.97 Å². The first-order valence-electron chi connectivity index (χ1n) is 7.63. The van der Waals surface area contributed by atoms with Gasteiger partial charge >= 0.3 is 5.97 Å². The molecule has 0 unspecified atom stereocenters. The summed E-state index contributed by atoms with van der Waals surface area (Å²) in [6.07, 6.45) is 5.90. The van der Waals surface area contributed by atoms with E-state index in [4.69, 9.17) is 9.84 Å². The summed E-state index contributed by atoms with van der Waals surface area (Å²) < 4.78 is 5.48. The molecule has 0 aliphatic heterocycles. The van der Waals surface area contributed by atoms with E-state index in [1.165, 1.54) is 0 Å². The fourth-order valence-electron chi connectivity index (χ4n) is 3.25. The fraction of sp³-hybridized carbons (Fsp3) is 0.867. The number of carbonyl (C=O) groups excluding carboxylic acids is 1. The molecule has 0 radical (unpaired) electrons. The smallest absolute Gasteiger partial charge is 0.303 e. The number of rotatable bonds is 8. The number of amides is 1. The lowest BCUT2D eigenvalue weighted by Crippen LogP contribution is -2.44. The Balaban J connectivity index is 1.64. The zero-order valence-electron chi connectivity index (χ0n) is 12.2. The molecule has 20 heavy (non-hydrogen) atoms. The van der Waals surface area contributed by atoms with Gasteiger partial charge in [0.1, 0.15) is 0 Å². The highest BCUT2D eigenvalue weighted by Gasteiger charge is 2.39. The Morgan fingerprint density at radius 3 is 2.55 bits per heavy atom. The minimum Gasteiger partial charge on any atom is -0.481 e. The number of hydrogen-bond acceptors (Lipinski definition) is 3. The molecule has 2 aliphatic carbocycles. The van der Waals surface area contributed by atoms with Crippen molar-refractivity contribution < 1.29 is 19.4 Å². The maximum Gasteiger partial charge on any atom is 0.303 e. The van der Waals surface area contributed by atoms with Crippen LogP contribution in [0.4, 0.5) is 0 Å². The molecule has 114 valence electrons. The van der Waals surface area contributed by atoms with E-state index in [0.29, 0.717) is 25.0 Å². The third-order valence-corrected chi connectivity index (χ3v) is 4.67. The molecule has 2 fully saturated rings. The standard InChI is InChI=1S/C15H25NO4/c1-2-20-12-6-11(7-12)8-13(17)16-10-15(4-3-5-15)9-14(18)19/h11-12H,2-10H2,1H3,(H,16,17)(H,18,19). The van der Waals surface area contributed by atoms with Gasteiger partial charge in [-0.2, -0.15) is 0 Å². The lowest BCUT2D eigenvalue weighted by molar-refractivity contribution is -0.142. The zero-order chi connectivity index (χ0) is 14.6. The van der Waals surface area contributed by atoms with Gasteiger partial charge in [0.25, 0.3) is 0 Å². The van der Waals surface area contributed by atoms with Gasteiger partial charge in [-0.25, -0.2) is 0 Å². The Labute approximate surface area is 120 Å². The van der Waals surface area contributed by atoms with Crippen LogP contribution in [0.2, 0.25) is 0 Å². The second kappa shape index (κ2) is 6.57. The zero-order valence-corrected chi connectivity index (χ0v) is 12.2. The molecule has 0 atom stereocenters. The maximum absolute atomic E-state index is 11.9. The summed E-state index contributed by atoms with van der Waals surface area (Å²) in [7, 11) is 0. The normalized spacial score (nSPS) is 27.2. The monoisotopic (exact) mass is 283 g/mol. The van der Waals surface area contributed by atoms with Gasteiger partial charge in [0, 0.05) is 19.6 Å². The van der Waals surface area contributed by atoms with Crippen LogP contribution in [0.1, 0.15) is 51.9 Å². The highest BCUT2D eigenvalue weighted by atomic mass is 16.5. The Kier molecular flexibility index (Phi) is 5.02. The van der Waals surface area contributed by atoms with E-state index in [1.807, 2.05) is 6.92 Å². The number of carboxylic acids is 1. The van der Waals surface area contributed by atoms with Gasteiger partial charge in [0.05, 0.1) is 12.5 Å². The third kappa shape index (κ3) is 3.95. The molecule has 2 aliphatic rings. The van der Waals surface area contributed by atoms with Crippen LogP contribution in [0, 0.1) is 11.3 Å². The quantitative estimate of drug-likeness (QED) is 0.714. The first kappa shape index (κ1) is 15.3. The van der Waals surface area contributed by atoms with Crippen LogP contribution in [0.25, 0.3) is 0 Å². The van der Waals surface area contributed by atoms with Crippen LogP contribution >= 0.6 is 0 Å². The molecule has 5 nitrogen and oxygen atoms in total. The van der Waals surface area contributed by atoms with Gasteiger partial charge in [0.2, 0.25) is 5.91 Å². The minimum atomic E-state index is -0.766. The second-order valence-corrected chi connectivity index (χ2v) is 6.32. The van der Waals surface area contributed by atoms with E-state index in [0.717, 1.165) is 38.7 Å². The summed E-state index contributed by atoms with van der Waals surface area (Å²) >= 11 is 0. The van der Waals surface area contributed by atoms with Crippen LogP contribution in [0.15, 0.2) is 0 Å². The molecule has 0 bridgehead atoms. The first-order chi connectivity index (χ1) is 9.53. The van der Waals surface area contributed by atoms with Crippen LogP contribution < -0.4 is 5.32 Å². The third-order valence-electron chi connectivity index (χ3n) is 4.67. The van der Waals surface area contributed by atoms with Crippen LogP contribution in [-0.4, -0.2) is 36.2 Å². The van der Waals surface area contributed by atoms with Crippen molar-refractivity contribution in [3.05, 3.63) is 0 Å². The van der Waals surface area contributed by atoms with Crippen molar-refractivity contribution >= 4 is 11.9 Å². The molecule has 2 rings (SSSR count). The van der Waals surface area contributed by atoms with Crippen molar-refractivity contribution in [2.75, 3.05) is 13.2 Å². The number of carboxylic acid groups (broad SMARTS) is 1. The van der Waals surface area contributed by atoms with E-state index in [1.54, 1.807) is 0 Å². The maximum atomic E-state index is 11.9. The van der Waals surface area contributed by atoms with Crippen molar-refractivity contribution in [1.82, 2.24) is 5.32 Å². The van der Waals surface area contributed by atoms with Gasteiger partial charge in [-0.3, -0.25) is 9.59 Å². The van der Waals surface area contributed by atoms with Crippen molar-refractivity contribution in [1.29, 1.82) is 0 Å². The number of hydrogen-bond donors (Lipinski definition) is 2. The lowest BCUT2D eigenvalue weighted by Gasteiger charge is -2.41. The Morgan fingerprint density at radius 1 is 1.35 bits per heavy atom. The Bertz CT molecular complexity index is 359. The summed E-state index contributed by atoms with van der Waals surface area (Å²) in [6.45, 7) is 3.24. The molecular weight excluding hydrogens is 258 g/mol. The Hall–Kier alpha value is -1.10. The van der Waals surface area contributed by atoms with Gasteiger partial charge in [-0.1, -0.05) is 6.42 Å². The highest BCUT2D eigenvalue weighted by Crippen LogP contribution is 2.43. The molecule has 2 saturated carbocycles. The van der Waals surface area contributed by atoms with Crippen LogP contribution in [0.5, 0.6) is 0 Å². The van der Waals surface area contributed by atoms with Gasteiger partial charge in [-0.15, -0.1) is 0 Å². The van der Waals surface area contributed by atoms with Crippen molar-refractivity contribution in [2.45, 2.75) is 58.0 Å². The number of aliphatic carboxylic acids is 1. The van der Waals surface area contributed by atoms with Crippen molar-refractivity contribution in [3.8, 4) is 0 Å². The van der Waals surface area contributed by atoms with E-state index in [-0.39, 0.29) is 17.7 Å². The molecule has 1 amide bonds. The lowest BCUT2D eigenvalue weighted by atomic mass is 9.66. The minimum absolute atomic E-state index is 0.0570. The molecule has 0 aromatic rings. The first-order valence-corrected chi connectivity index (χ1v) is 7.63. The summed E-state index contributed by atoms with van der Waals surface area (Å²) in [4.78, 5) is 22.7. The van der Waals surface area contributed by atoms with Crippen molar-refractivity contribution in [2.24, 2.45) is 11.3 Å². The van der Waals surface area contributed by atoms with Gasteiger partial charge < -0.3 is 15.2 Å². The molecule has 0 spiro atoms. The van der Waals surface area contributed by atoms with Crippen molar-refractivity contribution in [3.63, 3.8) is 0 Å². The Morgan fingerprint density at radius 2 is 2.05 bits per heavy atom. The topological polar surface area (TPSA) is 75.6 Å². The number of ether oxygens (including phenoxy) is 1. The van der Waals surface area contributed by atoms with E-state index >= 15 is 0 Å². The molecule has 0 aromatic heterocycles.